The lowest BCUT2D eigenvalue weighted by molar-refractivity contribution is -0.132. The van der Waals surface area contributed by atoms with Crippen LogP contribution in [0.4, 0.5) is 0 Å². The SMILES string of the molecule is CC(C)C(O)C(=O)NCCC(=O)N(N)CCSC(=N)c1ccccc1. The second-order valence-electron chi connectivity index (χ2n) is 5.86. The number of aliphatic hydroxyl groups excluding tert-OH is 1. The summed E-state index contributed by atoms with van der Waals surface area (Å²) in [7, 11) is 0. The van der Waals surface area contributed by atoms with E-state index in [9.17, 15) is 14.7 Å². The van der Waals surface area contributed by atoms with Gasteiger partial charge in [-0.1, -0.05) is 44.2 Å². The van der Waals surface area contributed by atoms with Crippen molar-refractivity contribution in [3.05, 3.63) is 35.9 Å². The first kappa shape index (κ1) is 21.1. The van der Waals surface area contributed by atoms with Gasteiger partial charge in [0.05, 0.1) is 5.04 Å². The number of carbonyl (C=O) groups excluding carboxylic acids is 2. The van der Waals surface area contributed by atoms with Crippen LogP contribution in [0.1, 0.15) is 25.8 Å². The minimum absolute atomic E-state index is 0.0633. The first-order valence-electron chi connectivity index (χ1n) is 8.10. The minimum Gasteiger partial charge on any atom is -0.383 e. The van der Waals surface area contributed by atoms with Crippen molar-refractivity contribution in [1.29, 1.82) is 5.41 Å². The lowest BCUT2D eigenvalue weighted by Gasteiger charge is -2.18. The molecule has 2 amide bonds. The third-order valence-corrected chi connectivity index (χ3v) is 4.38. The number of rotatable bonds is 9. The normalized spacial score (nSPS) is 11.9. The summed E-state index contributed by atoms with van der Waals surface area (Å²) in [6, 6.07) is 9.34. The summed E-state index contributed by atoms with van der Waals surface area (Å²) in [6.45, 7) is 3.91. The molecule has 8 heteroatoms. The van der Waals surface area contributed by atoms with Crippen molar-refractivity contribution < 1.29 is 14.7 Å². The van der Waals surface area contributed by atoms with Gasteiger partial charge >= 0.3 is 0 Å². The van der Waals surface area contributed by atoms with Crippen molar-refractivity contribution in [1.82, 2.24) is 10.3 Å². The molecule has 1 rings (SSSR count). The van der Waals surface area contributed by atoms with Gasteiger partial charge in [0.25, 0.3) is 0 Å². The Labute approximate surface area is 152 Å². The highest BCUT2D eigenvalue weighted by molar-refractivity contribution is 8.14. The number of nitrogens with one attached hydrogen (secondary N) is 2. The summed E-state index contributed by atoms with van der Waals surface area (Å²) < 4.78 is 0. The number of carbonyl (C=O) groups is 2. The highest BCUT2D eigenvalue weighted by atomic mass is 32.2. The molecule has 0 heterocycles. The molecule has 0 aliphatic carbocycles. The van der Waals surface area contributed by atoms with E-state index < -0.39 is 12.0 Å². The maximum absolute atomic E-state index is 11.9. The zero-order valence-corrected chi connectivity index (χ0v) is 15.4. The molecule has 0 fully saturated rings. The molecule has 0 saturated heterocycles. The zero-order chi connectivity index (χ0) is 18.8. The van der Waals surface area contributed by atoms with Gasteiger partial charge in [-0.2, -0.15) is 0 Å². The van der Waals surface area contributed by atoms with Gasteiger partial charge in [0.1, 0.15) is 6.10 Å². The fourth-order valence-electron chi connectivity index (χ4n) is 1.89. The lowest BCUT2D eigenvalue weighted by atomic mass is 10.1. The monoisotopic (exact) mass is 366 g/mol. The number of benzene rings is 1. The van der Waals surface area contributed by atoms with Crippen molar-refractivity contribution in [2.24, 2.45) is 11.8 Å². The van der Waals surface area contributed by atoms with Crippen LogP contribution >= 0.6 is 11.8 Å². The molecule has 7 nitrogen and oxygen atoms in total. The van der Waals surface area contributed by atoms with E-state index in [-0.39, 0.29) is 24.8 Å². The van der Waals surface area contributed by atoms with E-state index in [1.54, 1.807) is 13.8 Å². The fraction of sp³-hybridized carbons (Fsp3) is 0.471. The number of nitrogens with two attached hydrogens (primary N) is 1. The van der Waals surface area contributed by atoms with Crippen LogP contribution in [-0.2, 0) is 9.59 Å². The van der Waals surface area contributed by atoms with Crippen molar-refractivity contribution >= 4 is 28.6 Å². The van der Waals surface area contributed by atoms with Crippen LogP contribution in [0.3, 0.4) is 0 Å². The highest BCUT2D eigenvalue weighted by Crippen LogP contribution is 2.11. The quantitative estimate of drug-likeness (QED) is 0.171. The molecule has 0 aliphatic heterocycles. The number of thioether (sulfide) groups is 1. The predicted molar refractivity (Wildman–Crippen MR) is 100 cm³/mol. The predicted octanol–water partition coefficient (Wildman–Crippen LogP) is 0.971. The summed E-state index contributed by atoms with van der Waals surface area (Å²) >= 11 is 1.32. The van der Waals surface area contributed by atoms with Gasteiger partial charge in [0, 0.05) is 30.8 Å². The largest absolute Gasteiger partial charge is 0.383 e. The maximum atomic E-state index is 11.9. The van der Waals surface area contributed by atoms with E-state index in [1.165, 1.54) is 11.8 Å². The van der Waals surface area contributed by atoms with E-state index in [2.05, 4.69) is 5.32 Å². The van der Waals surface area contributed by atoms with Gasteiger partial charge < -0.3 is 10.4 Å². The molecule has 0 spiro atoms. The fourth-order valence-corrected chi connectivity index (χ4v) is 2.68. The van der Waals surface area contributed by atoms with Crippen molar-refractivity contribution in [3.63, 3.8) is 0 Å². The Morgan fingerprint density at radius 2 is 1.96 bits per heavy atom. The third-order valence-electron chi connectivity index (χ3n) is 3.47. The summed E-state index contributed by atoms with van der Waals surface area (Å²) in [5, 5.41) is 21.6. The van der Waals surface area contributed by atoms with Crippen LogP contribution in [0.5, 0.6) is 0 Å². The molecular weight excluding hydrogens is 340 g/mol. The Bertz CT molecular complexity index is 581. The standard InChI is InChI=1S/C17H26N4O3S/c1-12(2)15(23)17(24)20-9-8-14(22)21(19)10-11-25-16(18)13-6-4-3-5-7-13/h3-7,12,15,18,23H,8-11,19H2,1-2H3,(H,20,24). The average molecular weight is 366 g/mol. The van der Waals surface area contributed by atoms with Crippen LogP contribution in [0.25, 0.3) is 0 Å². The van der Waals surface area contributed by atoms with Crippen LogP contribution in [-0.4, -0.2) is 51.9 Å². The number of hydrazine groups is 1. The van der Waals surface area contributed by atoms with Gasteiger partial charge in [-0.15, -0.1) is 11.8 Å². The smallest absolute Gasteiger partial charge is 0.249 e. The second kappa shape index (κ2) is 10.9. The number of hydrogen-bond donors (Lipinski definition) is 4. The summed E-state index contributed by atoms with van der Waals surface area (Å²) in [5.41, 5.74) is 0.828. The molecule has 0 bridgehead atoms. The van der Waals surface area contributed by atoms with E-state index in [1.807, 2.05) is 30.3 Å². The maximum Gasteiger partial charge on any atom is 0.249 e. The first-order chi connectivity index (χ1) is 11.8. The Kier molecular flexibility index (Phi) is 9.18. The Hall–Kier alpha value is -1.90. The molecule has 138 valence electrons. The Morgan fingerprint density at radius 3 is 2.56 bits per heavy atom. The molecular formula is C17H26N4O3S. The summed E-state index contributed by atoms with van der Waals surface area (Å²) in [4.78, 5) is 23.5. The van der Waals surface area contributed by atoms with Gasteiger partial charge in [-0.3, -0.25) is 20.0 Å². The number of nitrogens with zero attached hydrogens (tertiary/aromatic N) is 1. The van der Waals surface area contributed by atoms with E-state index in [0.717, 1.165) is 10.6 Å². The van der Waals surface area contributed by atoms with Crippen molar-refractivity contribution in [2.45, 2.75) is 26.4 Å². The number of amides is 2. The molecule has 1 aromatic carbocycles. The summed E-state index contributed by atoms with van der Waals surface area (Å²) in [5.74, 6) is 5.24. The van der Waals surface area contributed by atoms with Crippen LogP contribution < -0.4 is 11.2 Å². The van der Waals surface area contributed by atoms with Gasteiger partial charge in [-0.25, -0.2) is 5.84 Å². The minimum atomic E-state index is -1.08. The van der Waals surface area contributed by atoms with Crippen molar-refractivity contribution in [3.8, 4) is 0 Å². The molecule has 5 N–H and O–H groups in total. The zero-order valence-electron chi connectivity index (χ0n) is 14.6. The molecule has 0 radical (unpaired) electrons. The molecule has 0 saturated carbocycles. The molecule has 1 atom stereocenters. The van der Waals surface area contributed by atoms with E-state index in [0.29, 0.717) is 17.3 Å². The second-order valence-corrected chi connectivity index (χ2v) is 6.97. The van der Waals surface area contributed by atoms with Gasteiger partial charge in [-0.05, 0) is 5.92 Å². The Balaban J connectivity index is 2.24. The molecule has 1 unspecified atom stereocenters. The Morgan fingerprint density at radius 1 is 1.32 bits per heavy atom. The van der Waals surface area contributed by atoms with Crippen LogP contribution in [0.2, 0.25) is 0 Å². The van der Waals surface area contributed by atoms with Gasteiger partial charge in [0.2, 0.25) is 11.8 Å². The number of aliphatic hydroxyl groups is 1. The molecule has 0 aliphatic rings. The molecule has 25 heavy (non-hydrogen) atoms. The van der Waals surface area contributed by atoms with E-state index in [4.69, 9.17) is 11.3 Å². The third kappa shape index (κ3) is 7.68. The molecule has 1 aromatic rings. The average Bonchev–Trinajstić information content (AvgIpc) is 2.61. The topological polar surface area (TPSA) is 120 Å². The summed E-state index contributed by atoms with van der Waals surface area (Å²) in [6.07, 6.45) is -1.02. The van der Waals surface area contributed by atoms with Crippen molar-refractivity contribution in [2.75, 3.05) is 18.8 Å². The van der Waals surface area contributed by atoms with Gasteiger partial charge in [0.15, 0.2) is 0 Å². The van der Waals surface area contributed by atoms with Crippen LogP contribution in [0.15, 0.2) is 30.3 Å². The highest BCUT2D eigenvalue weighted by Gasteiger charge is 2.18. The first-order valence-corrected chi connectivity index (χ1v) is 9.09. The van der Waals surface area contributed by atoms with E-state index >= 15 is 0 Å². The van der Waals surface area contributed by atoms with Crippen LogP contribution in [0, 0.1) is 11.3 Å². The lowest BCUT2D eigenvalue weighted by Crippen LogP contribution is -2.42. The molecule has 0 aromatic heterocycles. The number of hydrogen-bond acceptors (Lipinski definition) is 6.